The zero-order chi connectivity index (χ0) is 14.2. The summed E-state index contributed by atoms with van der Waals surface area (Å²) < 4.78 is 12.9. The topological polar surface area (TPSA) is 66.4 Å². The van der Waals surface area contributed by atoms with E-state index in [0.29, 0.717) is 6.42 Å². The number of hydrogen-bond donors (Lipinski definition) is 2. The number of benzene rings is 1. The van der Waals surface area contributed by atoms with Crippen molar-refractivity contribution in [2.24, 2.45) is 11.8 Å². The number of nitrogens with one attached hydrogen (secondary N) is 1. The van der Waals surface area contributed by atoms with Gasteiger partial charge < -0.3 is 10.4 Å². The van der Waals surface area contributed by atoms with E-state index < -0.39 is 23.3 Å². The molecule has 4 nitrogen and oxygen atoms in total. The predicted octanol–water partition coefficient (Wildman–Crippen LogP) is 1.90. The molecule has 0 spiro atoms. The van der Waals surface area contributed by atoms with E-state index >= 15 is 0 Å². The van der Waals surface area contributed by atoms with Gasteiger partial charge in [-0.2, -0.15) is 0 Å². The SMILES string of the molecule is CC(C)(NC(=O)C1CC1C(=O)O)c1ccc(F)cc1. The minimum Gasteiger partial charge on any atom is -0.481 e. The lowest BCUT2D eigenvalue weighted by atomic mass is 9.94. The summed E-state index contributed by atoms with van der Waals surface area (Å²) in [4.78, 5) is 22.7. The van der Waals surface area contributed by atoms with Crippen molar-refractivity contribution >= 4 is 11.9 Å². The van der Waals surface area contributed by atoms with Gasteiger partial charge >= 0.3 is 5.97 Å². The van der Waals surface area contributed by atoms with Crippen LogP contribution in [-0.2, 0) is 15.1 Å². The largest absolute Gasteiger partial charge is 0.481 e. The lowest BCUT2D eigenvalue weighted by Crippen LogP contribution is -2.42. The van der Waals surface area contributed by atoms with Crippen molar-refractivity contribution in [3.05, 3.63) is 35.6 Å². The van der Waals surface area contributed by atoms with Gasteiger partial charge in [-0.15, -0.1) is 0 Å². The molecule has 0 saturated heterocycles. The average molecular weight is 265 g/mol. The van der Waals surface area contributed by atoms with Crippen LogP contribution in [0.5, 0.6) is 0 Å². The van der Waals surface area contributed by atoms with Crippen LogP contribution >= 0.6 is 0 Å². The fourth-order valence-electron chi connectivity index (χ4n) is 2.10. The number of carbonyl (C=O) groups excluding carboxylic acids is 1. The Hall–Kier alpha value is -1.91. The van der Waals surface area contributed by atoms with Gasteiger partial charge in [-0.05, 0) is 38.0 Å². The van der Waals surface area contributed by atoms with Crippen molar-refractivity contribution in [3.8, 4) is 0 Å². The number of carbonyl (C=O) groups is 2. The van der Waals surface area contributed by atoms with Crippen LogP contribution in [0.3, 0.4) is 0 Å². The molecule has 102 valence electrons. The van der Waals surface area contributed by atoms with Crippen LogP contribution in [0, 0.1) is 17.7 Å². The van der Waals surface area contributed by atoms with E-state index in [1.54, 1.807) is 26.0 Å². The maximum atomic E-state index is 12.9. The molecule has 19 heavy (non-hydrogen) atoms. The molecule has 1 aromatic carbocycles. The monoisotopic (exact) mass is 265 g/mol. The Morgan fingerprint density at radius 2 is 1.84 bits per heavy atom. The standard InChI is InChI=1S/C14H16FNO3/c1-14(2,8-3-5-9(15)6-4-8)16-12(17)10-7-11(10)13(18)19/h3-6,10-11H,7H2,1-2H3,(H,16,17)(H,18,19). The normalized spacial score (nSPS) is 21.8. The second kappa shape index (κ2) is 4.64. The molecule has 2 unspecified atom stereocenters. The molecule has 1 aliphatic rings. The summed E-state index contributed by atoms with van der Waals surface area (Å²) >= 11 is 0. The van der Waals surface area contributed by atoms with Crippen molar-refractivity contribution in [2.75, 3.05) is 0 Å². The fraction of sp³-hybridized carbons (Fsp3) is 0.429. The Balaban J connectivity index is 2.03. The summed E-state index contributed by atoms with van der Waals surface area (Å²) in [5.74, 6) is -2.54. The number of halogens is 1. The number of rotatable bonds is 4. The lowest BCUT2D eigenvalue weighted by Gasteiger charge is -2.27. The van der Waals surface area contributed by atoms with Crippen molar-refractivity contribution < 1.29 is 19.1 Å². The molecule has 1 saturated carbocycles. The van der Waals surface area contributed by atoms with Gasteiger partial charge in [0.15, 0.2) is 0 Å². The molecule has 2 N–H and O–H groups in total. The number of carboxylic acids is 1. The zero-order valence-corrected chi connectivity index (χ0v) is 10.8. The van der Waals surface area contributed by atoms with Gasteiger partial charge in [-0.1, -0.05) is 12.1 Å². The van der Waals surface area contributed by atoms with E-state index in [2.05, 4.69) is 5.32 Å². The van der Waals surface area contributed by atoms with Crippen molar-refractivity contribution in [1.82, 2.24) is 5.32 Å². The molecule has 1 aromatic rings. The van der Waals surface area contributed by atoms with E-state index in [1.807, 2.05) is 0 Å². The minimum atomic E-state index is -0.931. The first-order chi connectivity index (χ1) is 8.81. The molecule has 2 rings (SSSR count). The molecular weight excluding hydrogens is 249 g/mol. The van der Waals surface area contributed by atoms with Gasteiger partial charge in [0, 0.05) is 0 Å². The molecule has 1 amide bonds. The Labute approximate surface area is 110 Å². The van der Waals surface area contributed by atoms with Gasteiger partial charge in [-0.25, -0.2) is 4.39 Å². The van der Waals surface area contributed by atoms with Crippen LogP contribution in [0.4, 0.5) is 4.39 Å². The highest BCUT2D eigenvalue weighted by Crippen LogP contribution is 2.39. The summed E-state index contributed by atoms with van der Waals surface area (Å²) in [6.45, 7) is 3.60. The highest BCUT2D eigenvalue weighted by Gasteiger charge is 2.49. The smallest absolute Gasteiger partial charge is 0.307 e. The number of hydrogen-bond acceptors (Lipinski definition) is 2. The summed E-state index contributed by atoms with van der Waals surface area (Å²) in [6, 6.07) is 5.88. The molecule has 0 aromatic heterocycles. The van der Waals surface area contributed by atoms with Gasteiger partial charge in [-0.3, -0.25) is 9.59 Å². The molecule has 0 heterocycles. The first kappa shape index (κ1) is 13.5. The third-order valence-corrected chi connectivity index (χ3v) is 3.45. The van der Waals surface area contributed by atoms with Gasteiger partial charge in [0.2, 0.25) is 5.91 Å². The molecule has 1 fully saturated rings. The molecule has 0 aliphatic heterocycles. The summed E-state index contributed by atoms with van der Waals surface area (Å²) in [5, 5.41) is 11.6. The van der Waals surface area contributed by atoms with Gasteiger partial charge in [0.05, 0.1) is 17.4 Å². The fourth-order valence-corrected chi connectivity index (χ4v) is 2.10. The van der Waals surface area contributed by atoms with Crippen molar-refractivity contribution in [1.29, 1.82) is 0 Å². The van der Waals surface area contributed by atoms with Crippen LogP contribution < -0.4 is 5.32 Å². The average Bonchev–Trinajstić information content (AvgIpc) is 3.08. The Morgan fingerprint density at radius 1 is 1.26 bits per heavy atom. The number of amides is 1. The van der Waals surface area contributed by atoms with Crippen LogP contribution in [0.2, 0.25) is 0 Å². The first-order valence-corrected chi connectivity index (χ1v) is 6.12. The Bertz CT molecular complexity index is 510. The van der Waals surface area contributed by atoms with Crippen molar-refractivity contribution in [3.63, 3.8) is 0 Å². The van der Waals surface area contributed by atoms with Crippen molar-refractivity contribution in [2.45, 2.75) is 25.8 Å². The molecule has 2 atom stereocenters. The van der Waals surface area contributed by atoms with E-state index in [1.165, 1.54) is 12.1 Å². The van der Waals surface area contributed by atoms with Crippen LogP contribution in [0.15, 0.2) is 24.3 Å². The molecule has 5 heteroatoms. The van der Waals surface area contributed by atoms with E-state index in [9.17, 15) is 14.0 Å². The molecule has 0 bridgehead atoms. The second-order valence-electron chi connectivity index (χ2n) is 5.41. The van der Waals surface area contributed by atoms with Gasteiger partial charge in [0.25, 0.3) is 0 Å². The highest BCUT2D eigenvalue weighted by molar-refractivity contribution is 5.89. The maximum Gasteiger partial charge on any atom is 0.307 e. The molecule has 1 aliphatic carbocycles. The first-order valence-electron chi connectivity index (χ1n) is 6.12. The maximum absolute atomic E-state index is 12.9. The second-order valence-corrected chi connectivity index (χ2v) is 5.41. The van der Waals surface area contributed by atoms with E-state index in [-0.39, 0.29) is 11.7 Å². The predicted molar refractivity (Wildman–Crippen MR) is 66.8 cm³/mol. The third-order valence-electron chi connectivity index (χ3n) is 3.45. The molecular formula is C14H16FNO3. The Morgan fingerprint density at radius 3 is 2.32 bits per heavy atom. The highest BCUT2D eigenvalue weighted by atomic mass is 19.1. The van der Waals surface area contributed by atoms with E-state index in [0.717, 1.165) is 5.56 Å². The minimum absolute atomic E-state index is 0.262. The lowest BCUT2D eigenvalue weighted by molar-refractivity contribution is -0.140. The third kappa shape index (κ3) is 2.92. The van der Waals surface area contributed by atoms with E-state index in [4.69, 9.17) is 5.11 Å². The summed E-state index contributed by atoms with van der Waals surface area (Å²) in [5.41, 5.74) is 0.117. The Kier molecular flexibility index (Phi) is 3.30. The molecule has 0 radical (unpaired) electrons. The summed E-state index contributed by atoms with van der Waals surface area (Å²) in [7, 11) is 0. The zero-order valence-electron chi connectivity index (χ0n) is 10.8. The van der Waals surface area contributed by atoms with Gasteiger partial charge in [0.1, 0.15) is 5.82 Å². The summed E-state index contributed by atoms with van der Waals surface area (Å²) in [6.07, 6.45) is 0.390. The van der Waals surface area contributed by atoms with Crippen LogP contribution in [0.1, 0.15) is 25.8 Å². The van der Waals surface area contributed by atoms with Crippen LogP contribution in [0.25, 0.3) is 0 Å². The van der Waals surface area contributed by atoms with Crippen LogP contribution in [-0.4, -0.2) is 17.0 Å². The number of carboxylic acid groups (broad SMARTS) is 1. The number of aliphatic carboxylic acids is 1. The quantitative estimate of drug-likeness (QED) is 0.873.